The zero-order chi connectivity index (χ0) is 13.0. The highest BCUT2D eigenvalue weighted by Gasteiger charge is 2.49. The van der Waals surface area contributed by atoms with E-state index >= 15 is 0 Å². The van der Waals surface area contributed by atoms with Crippen LogP contribution >= 0.6 is 0 Å². The van der Waals surface area contributed by atoms with Crippen LogP contribution in [0.25, 0.3) is 0 Å². The lowest BCUT2D eigenvalue weighted by Gasteiger charge is -2.53. The van der Waals surface area contributed by atoms with E-state index in [0.717, 1.165) is 42.9 Å². The van der Waals surface area contributed by atoms with E-state index in [1.54, 1.807) is 4.90 Å². The normalized spacial score (nSPS) is 24.1. The molecule has 0 aromatic heterocycles. The Morgan fingerprint density at radius 3 is 2.84 bits per heavy atom. The van der Waals surface area contributed by atoms with Crippen molar-refractivity contribution < 1.29 is 9.53 Å². The van der Waals surface area contributed by atoms with Gasteiger partial charge in [0.05, 0.1) is 18.2 Å². The Balaban J connectivity index is 1.47. The topological polar surface area (TPSA) is 41.6 Å². The Hall–Kier alpha value is -1.55. The number of benzene rings is 1. The number of hydrogen-bond donors (Lipinski definition) is 1. The van der Waals surface area contributed by atoms with Gasteiger partial charge < -0.3 is 15.0 Å². The molecule has 1 spiro atoms. The number of fused-ring (bicyclic) bond motifs is 1. The van der Waals surface area contributed by atoms with Crippen molar-refractivity contribution in [1.29, 1.82) is 0 Å². The van der Waals surface area contributed by atoms with Crippen LogP contribution in [0.5, 0.6) is 5.75 Å². The third-order valence-corrected chi connectivity index (χ3v) is 4.76. The summed E-state index contributed by atoms with van der Waals surface area (Å²) in [4.78, 5) is 13.4. The predicted molar refractivity (Wildman–Crippen MR) is 72.5 cm³/mol. The van der Waals surface area contributed by atoms with Gasteiger partial charge in [0.15, 0.2) is 0 Å². The van der Waals surface area contributed by atoms with E-state index in [9.17, 15) is 4.79 Å². The highest BCUT2D eigenvalue weighted by atomic mass is 16.5. The largest absolute Gasteiger partial charge is 0.490 e. The Labute approximate surface area is 112 Å². The van der Waals surface area contributed by atoms with E-state index in [4.69, 9.17) is 4.74 Å². The molecule has 4 heteroatoms. The second-order valence-corrected chi connectivity index (χ2v) is 6.17. The molecular weight excluding hydrogens is 240 g/mol. The first-order chi connectivity index (χ1) is 9.15. The standard InChI is InChI=1S/C15H18N2O2/c1-17-13-5-11(3-2-10(13)4-14(17)18)19-12-6-15(7-12)8-16-9-15/h2-3,5,12,16H,4,6-9H2,1H3. The molecule has 1 amide bonds. The van der Waals surface area contributed by atoms with Crippen molar-refractivity contribution in [3.8, 4) is 5.75 Å². The molecule has 2 heterocycles. The number of carbonyl (C=O) groups is 1. The van der Waals surface area contributed by atoms with Crippen molar-refractivity contribution in [2.45, 2.75) is 25.4 Å². The van der Waals surface area contributed by atoms with Gasteiger partial charge in [-0.3, -0.25) is 4.79 Å². The summed E-state index contributed by atoms with van der Waals surface area (Å²) in [5, 5.41) is 3.33. The Kier molecular flexibility index (Phi) is 2.22. The van der Waals surface area contributed by atoms with Crippen LogP contribution in [0.4, 0.5) is 5.69 Å². The highest BCUT2D eigenvalue weighted by molar-refractivity contribution is 6.01. The number of anilines is 1. The Morgan fingerprint density at radius 2 is 2.16 bits per heavy atom. The molecule has 0 bridgehead atoms. The van der Waals surface area contributed by atoms with Gasteiger partial charge in [0, 0.05) is 31.6 Å². The molecule has 1 N–H and O–H groups in total. The second-order valence-electron chi connectivity index (χ2n) is 6.17. The molecule has 1 aliphatic carbocycles. The molecule has 4 rings (SSSR count). The molecule has 1 aromatic carbocycles. The number of hydrogen-bond acceptors (Lipinski definition) is 3. The van der Waals surface area contributed by atoms with Crippen LogP contribution in [0.3, 0.4) is 0 Å². The molecule has 0 radical (unpaired) electrons. The molecule has 100 valence electrons. The molecule has 1 aromatic rings. The van der Waals surface area contributed by atoms with Gasteiger partial charge in [-0.05, 0) is 24.5 Å². The monoisotopic (exact) mass is 258 g/mol. The van der Waals surface area contributed by atoms with Gasteiger partial charge in [-0.2, -0.15) is 0 Å². The summed E-state index contributed by atoms with van der Waals surface area (Å²) in [6.07, 6.45) is 3.18. The van der Waals surface area contributed by atoms with E-state index in [-0.39, 0.29) is 5.91 Å². The number of rotatable bonds is 2. The van der Waals surface area contributed by atoms with Crippen molar-refractivity contribution in [3.63, 3.8) is 0 Å². The number of carbonyl (C=O) groups excluding carboxylic acids is 1. The van der Waals surface area contributed by atoms with Crippen LogP contribution in [0.2, 0.25) is 0 Å². The molecule has 1 saturated heterocycles. The Morgan fingerprint density at radius 1 is 1.37 bits per heavy atom. The van der Waals surface area contributed by atoms with E-state index in [1.165, 1.54) is 0 Å². The van der Waals surface area contributed by atoms with E-state index in [0.29, 0.717) is 17.9 Å². The predicted octanol–water partition coefficient (Wildman–Crippen LogP) is 1.34. The lowest BCUT2D eigenvalue weighted by atomic mass is 9.63. The summed E-state index contributed by atoms with van der Waals surface area (Å²) in [7, 11) is 1.83. The zero-order valence-corrected chi connectivity index (χ0v) is 11.1. The smallest absolute Gasteiger partial charge is 0.231 e. The molecule has 2 fully saturated rings. The van der Waals surface area contributed by atoms with Crippen LogP contribution in [0.15, 0.2) is 18.2 Å². The van der Waals surface area contributed by atoms with Crippen molar-refractivity contribution in [2.24, 2.45) is 5.41 Å². The third kappa shape index (κ3) is 1.66. The van der Waals surface area contributed by atoms with Crippen LogP contribution in [0.1, 0.15) is 18.4 Å². The minimum absolute atomic E-state index is 0.162. The summed E-state index contributed by atoms with van der Waals surface area (Å²) in [6.45, 7) is 2.29. The van der Waals surface area contributed by atoms with Crippen LogP contribution in [-0.4, -0.2) is 32.1 Å². The Bertz CT molecular complexity index is 543. The van der Waals surface area contributed by atoms with Gasteiger partial charge in [-0.15, -0.1) is 0 Å². The maximum atomic E-state index is 11.6. The van der Waals surface area contributed by atoms with Gasteiger partial charge in [0.25, 0.3) is 0 Å². The maximum Gasteiger partial charge on any atom is 0.231 e. The molecule has 0 unspecified atom stereocenters. The quantitative estimate of drug-likeness (QED) is 0.870. The molecule has 4 nitrogen and oxygen atoms in total. The molecule has 3 aliphatic rings. The van der Waals surface area contributed by atoms with E-state index in [2.05, 4.69) is 5.32 Å². The first kappa shape index (κ1) is 11.3. The zero-order valence-electron chi connectivity index (χ0n) is 11.1. The lowest BCUT2D eigenvalue weighted by molar-refractivity contribution is -0.117. The molecule has 0 atom stereocenters. The summed E-state index contributed by atoms with van der Waals surface area (Å²) >= 11 is 0. The van der Waals surface area contributed by atoms with Crippen LogP contribution in [-0.2, 0) is 11.2 Å². The number of nitrogens with zero attached hydrogens (tertiary/aromatic N) is 1. The highest BCUT2D eigenvalue weighted by Crippen LogP contribution is 2.46. The van der Waals surface area contributed by atoms with Crippen molar-refractivity contribution >= 4 is 11.6 Å². The first-order valence-electron chi connectivity index (χ1n) is 6.92. The minimum atomic E-state index is 0.162. The van der Waals surface area contributed by atoms with Crippen molar-refractivity contribution in [1.82, 2.24) is 5.32 Å². The summed E-state index contributed by atoms with van der Waals surface area (Å²) in [6, 6.07) is 6.02. The summed E-state index contributed by atoms with van der Waals surface area (Å²) in [5.41, 5.74) is 2.64. The van der Waals surface area contributed by atoms with Crippen LogP contribution < -0.4 is 15.0 Å². The molecule has 19 heavy (non-hydrogen) atoms. The van der Waals surface area contributed by atoms with E-state index in [1.807, 2.05) is 25.2 Å². The first-order valence-corrected chi connectivity index (χ1v) is 6.92. The van der Waals surface area contributed by atoms with Gasteiger partial charge >= 0.3 is 0 Å². The second kappa shape index (κ2) is 3.73. The summed E-state index contributed by atoms with van der Waals surface area (Å²) < 4.78 is 6.02. The fraction of sp³-hybridized carbons (Fsp3) is 0.533. The fourth-order valence-corrected chi connectivity index (χ4v) is 3.44. The van der Waals surface area contributed by atoms with Gasteiger partial charge in [0.1, 0.15) is 5.75 Å². The summed E-state index contributed by atoms with van der Waals surface area (Å²) in [5.74, 6) is 1.06. The average molecular weight is 258 g/mol. The number of likely N-dealkylation sites (N-methyl/N-ethyl adjacent to an activating group) is 1. The average Bonchev–Trinajstić information content (AvgIpc) is 2.57. The minimum Gasteiger partial charge on any atom is -0.490 e. The maximum absolute atomic E-state index is 11.6. The molecular formula is C15H18N2O2. The number of ether oxygens (including phenoxy) is 1. The number of nitrogens with one attached hydrogen (secondary N) is 1. The van der Waals surface area contributed by atoms with Gasteiger partial charge in [-0.1, -0.05) is 6.07 Å². The molecule has 2 aliphatic heterocycles. The SMILES string of the molecule is CN1C(=O)Cc2ccc(OC3CC4(CNC4)C3)cc21. The van der Waals surface area contributed by atoms with Crippen LogP contribution in [0, 0.1) is 5.41 Å². The third-order valence-electron chi connectivity index (χ3n) is 4.76. The van der Waals surface area contributed by atoms with Gasteiger partial charge in [-0.25, -0.2) is 0 Å². The van der Waals surface area contributed by atoms with Crippen molar-refractivity contribution in [3.05, 3.63) is 23.8 Å². The van der Waals surface area contributed by atoms with E-state index < -0.39 is 0 Å². The van der Waals surface area contributed by atoms with Crippen molar-refractivity contribution in [2.75, 3.05) is 25.0 Å². The van der Waals surface area contributed by atoms with Gasteiger partial charge in [0.2, 0.25) is 5.91 Å². The fourth-order valence-electron chi connectivity index (χ4n) is 3.44. The molecule has 1 saturated carbocycles. The number of amides is 1. The lowest BCUT2D eigenvalue weighted by Crippen LogP contribution is -2.62.